The van der Waals surface area contributed by atoms with Gasteiger partial charge < -0.3 is 5.32 Å². The van der Waals surface area contributed by atoms with E-state index >= 15 is 0 Å². The van der Waals surface area contributed by atoms with Crippen LogP contribution in [0, 0.1) is 20.8 Å². The van der Waals surface area contributed by atoms with Crippen molar-refractivity contribution in [3.63, 3.8) is 0 Å². The first-order valence-electron chi connectivity index (χ1n) is 10.7. The third-order valence-corrected chi connectivity index (χ3v) is 6.63. The van der Waals surface area contributed by atoms with Crippen LogP contribution in [0.25, 0.3) is 0 Å². The third-order valence-electron chi connectivity index (χ3n) is 5.54. The summed E-state index contributed by atoms with van der Waals surface area (Å²) >= 11 is 1.32. The SMILES string of the molecule is CCc1ccc(N2C(=O)C(Nc3cc(C)ccc3C)=C(Sc3ccc(C)cc3)C2=O)cc1. The number of carbonyl (C=O) groups excluding carboxylic acids is 2. The van der Waals surface area contributed by atoms with Crippen molar-refractivity contribution < 1.29 is 9.59 Å². The van der Waals surface area contributed by atoms with Crippen molar-refractivity contribution in [1.82, 2.24) is 0 Å². The fourth-order valence-electron chi connectivity index (χ4n) is 3.56. The first-order valence-corrected chi connectivity index (χ1v) is 11.5. The van der Waals surface area contributed by atoms with Crippen molar-refractivity contribution in [2.24, 2.45) is 0 Å². The van der Waals surface area contributed by atoms with E-state index < -0.39 is 0 Å². The number of nitrogens with zero attached hydrogens (tertiary/aromatic N) is 1. The highest BCUT2D eigenvalue weighted by Gasteiger charge is 2.40. The van der Waals surface area contributed by atoms with Crippen molar-refractivity contribution >= 4 is 35.0 Å². The molecule has 5 heteroatoms. The summed E-state index contributed by atoms with van der Waals surface area (Å²) < 4.78 is 0. The average molecular weight is 443 g/mol. The molecule has 0 saturated carbocycles. The molecule has 0 atom stereocenters. The monoisotopic (exact) mass is 442 g/mol. The molecule has 4 rings (SSSR count). The zero-order valence-corrected chi connectivity index (χ0v) is 19.5. The number of thioether (sulfide) groups is 1. The normalized spacial score (nSPS) is 13.8. The molecule has 1 N–H and O–H groups in total. The van der Waals surface area contributed by atoms with Gasteiger partial charge in [-0.2, -0.15) is 0 Å². The van der Waals surface area contributed by atoms with Crippen LogP contribution in [0.2, 0.25) is 0 Å². The largest absolute Gasteiger partial charge is 0.350 e. The van der Waals surface area contributed by atoms with E-state index in [1.54, 1.807) is 0 Å². The quantitative estimate of drug-likeness (QED) is 0.464. The van der Waals surface area contributed by atoms with Crippen molar-refractivity contribution in [1.29, 1.82) is 0 Å². The van der Waals surface area contributed by atoms with Gasteiger partial charge in [0.05, 0.1) is 5.69 Å². The van der Waals surface area contributed by atoms with Gasteiger partial charge in [-0.15, -0.1) is 0 Å². The van der Waals surface area contributed by atoms with Crippen LogP contribution < -0.4 is 10.2 Å². The molecule has 3 aromatic carbocycles. The van der Waals surface area contributed by atoms with Gasteiger partial charge in [0.2, 0.25) is 0 Å². The zero-order chi connectivity index (χ0) is 22.8. The smallest absolute Gasteiger partial charge is 0.283 e. The molecule has 1 heterocycles. The van der Waals surface area contributed by atoms with E-state index in [0.717, 1.165) is 39.3 Å². The molecule has 0 fully saturated rings. The number of amides is 2. The number of aryl methyl sites for hydroxylation is 4. The van der Waals surface area contributed by atoms with Gasteiger partial charge >= 0.3 is 0 Å². The average Bonchev–Trinajstić information content (AvgIpc) is 3.01. The van der Waals surface area contributed by atoms with Gasteiger partial charge in [0.15, 0.2) is 0 Å². The van der Waals surface area contributed by atoms with Crippen molar-refractivity contribution in [3.8, 4) is 0 Å². The van der Waals surface area contributed by atoms with Crippen LogP contribution in [-0.2, 0) is 16.0 Å². The Morgan fingerprint density at radius 2 is 1.47 bits per heavy atom. The molecule has 2 amide bonds. The Bertz CT molecular complexity index is 1210. The molecule has 3 aromatic rings. The van der Waals surface area contributed by atoms with Gasteiger partial charge in [0.1, 0.15) is 10.6 Å². The Hall–Kier alpha value is -3.31. The molecule has 0 saturated heterocycles. The minimum Gasteiger partial charge on any atom is -0.350 e. The Balaban J connectivity index is 1.75. The van der Waals surface area contributed by atoms with Crippen LogP contribution in [0.3, 0.4) is 0 Å². The second-order valence-electron chi connectivity index (χ2n) is 8.03. The maximum Gasteiger partial charge on any atom is 0.283 e. The van der Waals surface area contributed by atoms with Crippen molar-refractivity contribution in [2.75, 3.05) is 10.2 Å². The minimum absolute atomic E-state index is 0.308. The van der Waals surface area contributed by atoms with Gasteiger partial charge in [-0.05, 0) is 74.2 Å². The fourth-order valence-corrected chi connectivity index (χ4v) is 4.49. The molecular formula is C27H26N2O2S. The van der Waals surface area contributed by atoms with Crippen molar-refractivity contribution in [3.05, 3.63) is 99.6 Å². The topological polar surface area (TPSA) is 49.4 Å². The number of hydrogen-bond donors (Lipinski definition) is 1. The number of carbonyl (C=O) groups is 2. The van der Waals surface area contributed by atoms with Crippen LogP contribution in [-0.4, -0.2) is 11.8 Å². The highest BCUT2D eigenvalue weighted by Crippen LogP contribution is 2.38. The zero-order valence-electron chi connectivity index (χ0n) is 18.7. The summed E-state index contributed by atoms with van der Waals surface area (Å²) in [5.74, 6) is -0.646. The molecule has 0 unspecified atom stereocenters. The predicted molar refractivity (Wildman–Crippen MR) is 132 cm³/mol. The maximum absolute atomic E-state index is 13.5. The first-order chi connectivity index (χ1) is 15.4. The molecule has 0 aliphatic carbocycles. The van der Waals surface area contributed by atoms with Crippen LogP contribution >= 0.6 is 11.8 Å². The molecular weight excluding hydrogens is 416 g/mol. The molecule has 1 aliphatic heterocycles. The number of nitrogens with one attached hydrogen (secondary N) is 1. The summed E-state index contributed by atoms with van der Waals surface area (Å²) in [5.41, 5.74) is 6.11. The summed E-state index contributed by atoms with van der Waals surface area (Å²) in [7, 11) is 0. The standard InChI is InChI=1S/C27H26N2O2S/c1-5-20-10-12-21(13-11-20)29-26(30)24(28-23-16-18(3)6-9-19(23)4)25(27(29)31)32-22-14-7-17(2)8-15-22/h6-16,28H,5H2,1-4H3. The minimum atomic E-state index is -0.338. The van der Waals surface area contributed by atoms with Crippen LogP contribution in [0.4, 0.5) is 11.4 Å². The van der Waals surface area contributed by atoms with E-state index in [1.807, 2.05) is 87.5 Å². The van der Waals surface area contributed by atoms with Crippen LogP contribution in [0.5, 0.6) is 0 Å². The summed E-state index contributed by atoms with van der Waals surface area (Å²) in [6, 6.07) is 21.6. The number of benzene rings is 3. The second-order valence-corrected chi connectivity index (χ2v) is 9.11. The molecule has 0 aromatic heterocycles. The van der Waals surface area contributed by atoms with Gasteiger partial charge in [-0.3, -0.25) is 9.59 Å². The van der Waals surface area contributed by atoms with Crippen molar-refractivity contribution in [2.45, 2.75) is 39.0 Å². The number of imide groups is 1. The molecule has 0 spiro atoms. The summed E-state index contributed by atoms with van der Waals surface area (Å²) in [4.78, 5) is 29.6. The lowest BCUT2D eigenvalue weighted by Crippen LogP contribution is -2.32. The van der Waals surface area contributed by atoms with E-state index in [4.69, 9.17) is 0 Å². The summed E-state index contributed by atoms with van der Waals surface area (Å²) in [6.07, 6.45) is 0.897. The van der Waals surface area contributed by atoms with Crippen LogP contribution in [0.1, 0.15) is 29.2 Å². The Morgan fingerprint density at radius 3 is 2.12 bits per heavy atom. The lowest BCUT2D eigenvalue weighted by molar-refractivity contribution is -0.120. The summed E-state index contributed by atoms with van der Waals surface area (Å²) in [6.45, 7) is 8.08. The number of rotatable bonds is 6. The predicted octanol–water partition coefficient (Wildman–Crippen LogP) is 6.16. The highest BCUT2D eigenvalue weighted by atomic mass is 32.2. The molecule has 4 nitrogen and oxygen atoms in total. The maximum atomic E-state index is 13.5. The molecule has 162 valence electrons. The fraction of sp³-hybridized carbons (Fsp3) is 0.185. The van der Waals surface area contributed by atoms with E-state index in [1.165, 1.54) is 16.7 Å². The Morgan fingerprint density at radius 1 is 0.812 bits per heavy atom. The molecule has 0 bridgehead atoms. The first kappa shape index (κ1) is 21.9. The van der Waals surface area contributed by atoms with Crippen LogP contribution in [0.15, 0.2) is 82.2 Å². The second kappa shape index (κ2) is 9.05. The lowest BCUT2D eigenvalue weighted by Gasteiger charge is -2.16. The van der Waals surface area contributed by atoms with Gasteiger partial charge in [-0.25, -0.2) is 4.90 Å². The molecule has 32 heavy (non-hydrogen) atoms. The van der Waals surface area contributed by atoms with E-state index in [2.05, 4.69) is 12.2 Å². The van der Waals surface area contributed by atoms with E-state index in [9.17, 15) is 9.59 Å². The van der Waals surface area contributed by atoms with E-state index in [-0.39, 0.29) is 11.8 Å². The number of hydrogen-bond acceptors (Lipinski definition) is 4. The molecule has 1 aliphatic rings. The Labute approximate surface area is 193 Å². The van der Waals surface area contributed by atoms with E-state index in [0.29, 0.717) is 16.3 Å². The van der Waals surface area contributed by atoms with Gasteiger partial charge in [0.25, 0.3) is 11.8 Å². The Kier molecular flexibility index (Phi) is 6.19. The third kappa shape index (κ3) is 4.34. The van der Waals surface area contributed by atoms with Gasteiger partial charge in [-0.1, -0.05) is 60.6 Å². The lowest BCUT2D eigenvalue weighted by atomic mass is 10.1. The van der Waals surface area contributed by atoms with Gasteiger partial charge in [0, 0.05) is 10.6 Å². The number of anilines is 2. The summed E-state index contributed by atoms with van der Waals surface area (Å²) in [5, 5.41) is 3.28. The molecule has 0 radical (unpaired) electrons. The highest BCUT2D eigenvalue weighted by molar-refractivity contribution is 8.04.